The zero-order valence-corrected chi connectivity index (χ0v) is 26.8. The zero-order chi connectivity index (χ0) is 32.1. The van der Waals surface area contributed by atoms with Gasteiger partial charge in [0.1, 0.15) is 5.58 Å². The largest absolute Gasteiger partial charge is 0.454 e. The van der Waals surface area contributed by atoms with Crippen molar-refractivity contribution in [3.05, 3.63) is 168 Å². The highest BCUT2D eigenvalue weighted by atomic mass is 16.3. The molecule has 0 saturated carbocycles. The van der Waals surface area contributed by atoms with Gasteiger partial charge in [-0.2, -0.15) is 0 Å². The Bertz CT molecular complexity index is 2940. The van der Waals surface area contributed by atoms with Gasteiger partial charge in [0.15, 0.2) is 5.58 Å². The molecule has 2 aromatic heterocycles. The third-order valence-corrected chi connectivity index (χ3v) is 11.0. The molecule has 1 N–H and O–H groups in total. The van der Waals surface area contributed by atoms with Crippen LogP contribution in [0.5, 0.6) is 0 Å². The van der Waals surface area contributed by atoms with E-state index in [4.69, 9.17) is 4.42 Å². The number of hydrogen-bond acceptors (Lipinski definition) is 1. The van der Waals surface area contributed by atoms with Gasteiger partial charge in [0.25, 0.3) is 0 Å². The number of fused-ring (bicyclic) bond motifs is 15. The van der Waals surface area contributed by atoms with Gasteiger partial charge in [-0.05, 0) is 80.1 Å². The molecule has 8 aromatic carbocycles. The minimum atomic E-state index is 0.384. The van der Waals surface area contributed by atoms with E-state index in [2.05, 4.69) is 157 Å². The molecule has 2 nitrogen and oxygen atoms in total. The normalized spacial score (nSPS) is 14.6. The topological polar surface area (TPSA) is 28.9 Å². The average molecular weight is 626 g/mol. The molecule has 2 heterocycles. The SMILES string of the molecule is c1ccc(C2CCc3cc(-c4ccc5oc6c7[nH]c8c9ccccc9ccc8c7c7ccccc7c6c5c4)ccc3-c3ccccc32)cc1. The Labute approximate surface area is 283 Å². The van der Waals surface area contributed by atoms with E-state index in [0.717, 1.165) is 40.4 Å². The van der Waals surface area contributed by atoms with Crippen LogP contribution in [0, 0.1) is 0 Å². The number of hydrogen-bond donors (Lipinski definition) is 1. The summed E-state index contributed by atoms with van der Waals surface area (Å²) >= 11 is 0. The van der Waals surface area contributed by atoms with Crippen molar-refractivity contribution in [3.8, 4) is 22.3 Å². The lowest BCUT2D eigenvalue weighted by Crippen LogP contribution is -2.01. The predicted octanol–water partition coefficient (Wildman–Crippen LogP) is 12.9. The summed E-state index contributed by atoms with van der Waals surface area (Å²) in [6, 6.07) is 55.7. The molecule has 0 spiro atoms. The first-order valence-electron chi connectivity index (χ1n) is 17.3. The molecular formula is C47H31NO. The van der Waals surface area contributed by atoms with Gasteiger partial charge in [-0.15, -0.1) is 0 Å². The first kappa shape index (κ1) is 26.9. The maximum atomic E-state index is 6.78. The van der Waals surface area contributed by atoms with E-state index in [9.17, 15) is 0 Å². The highest BCUT2D eigenvalue weighted by Crippen LogP contribution is 2.46. The fourth-order valence-corrected chi connectivity index (χ4v) is 8.80. The van der Waals surface area contributed by atoms with Crippen LogP contribution >= 0.6 is 0 Å². The Morgan fingerprint density at radius 3 is 2.14 bits per heavy atom. The quantitative estimate of drug-likeness (QED) is 0.203. The van der Waals surface area contributed by atoms with E-state index in [1.165, 1.54) is 76.6 Å². The number of nitrogens with one attached hydrogen (secondary N) is 1. The summed E-state index contributed by atoms with van der Waals surface area (Å²) in [4.78, 5) is 3.83. The second-order valence-electron chi connectivity index (χ2n) is 13.6. The van der Waals surface area contributed by atoms with Gasteiger partial charge in [-0.3, -0.25) is 0 Å². The number of furan rings is 1. The summed E-state index contributed by atoms with van der Waals surface area (Å²) in [5, 5.41) is 9.71. The van der Waals surface area contributed by atoms with E-state index in [1.807, 2.05) is 0 Å². The Kier molecular flexibility index (Phi) is 5.59. The predicted molar refractivity (Wildman–Crippen MR) is 206 cm³/mol. The molecule has 230 valence electrons. The van der Waals surface area contributed by atoms with Crippen molar-refractivity contribution in [1.29, 1.82) is 0 Å². The fourth-order valence-electron chi connectivity index (χ4n) is 8.80. The zero-order valence-electron chi connectivity index (χ0n) is 26.8. The second kappa shape index (κ2) is 10.2. The molecule has 0 fully saturated rings. The lowest BCUT2D eigenvalue weighted by atomic mass is 9.86. The number of aryl methyl sites for hydroxylation is 1. The van der Waals surface area contributed by atoms with E-state index < -0.39 is 0 Å². The second-order valence-corrected chi connectivity index (χ2v) is 13.6. The Morgan fingerprint density at radius 2 is 1.24 bits per heavy atom. The standard InChI is InChI=1S/C47H31NO/c1-2-10-28(11-3-1)33-23-20-32-26-30(19-22-34(32)37-15-7-6-14-36(33)37)31-21-25-42-41(27-31)44-39-17-9-8-16-38(39)43-40-24-18-29-12-4-5-13-35(29)45(40)48-46(43)47(44)49-42/h1-19,21-22,24-27,33,48H,20,23H2. The molecule has 2 heteroatoms. The number of rotatable bonds is 2. The van der Waals surface area contributed by atoms with Crippen molar-refractivity contribution >= 4 is 65.3 Å². The van der Waals surface area contributed by atoms with Crippen LogP contribution in [-0.4, -0.2) is 4.98 Å². The van der Waals surface area contributed by atoms with E-state index >= 15 is 0 Å². The summed E-state index contributed by atoms with van der Waals surface area (Å²) < 4.78 is 6.78. The van der Waals surface area contributed by atoms with E-state index in [1.54, 1.807) is 0 Å². The lowest BCUT2D eigenvalue weighted by Gasteiger charge is -2.18. The summed E-state index contributed by atoms with van der Waals surface area (Å²) in [5.74, 6) is 0.384. The Hall–Kier alpha value is -6.12. The highest BCUT2D eigenvalue weighted by molar-refractivity contribution is 6.35. The molecule has 0 bridgehead atoms. The first-order chi connectivity index (χ1) is 24.3. The molecule has 10 aromatic rings. The van der Waals surface area contributed by atoms with Crippen LogP contribution in [0.3, 0.4) is 0 Å². The molecule has 0 amide bonds. The highest BCUT2D eigenvalue weighted by Gasteiger charge is 2.24. The summed E-state index contributed by atoms with van der Waals surface area (Å²) in [7, 11) is 0. The van der Waals surface area contributed by atoms with Crippen LogP contribution in [0.25, 0.3) is 87.5 Å². The molecule has 0 radical (unpaired) electrons. The smallest absolute Gasteiger partial charge is 0.160 e. The average Bonchev–Trinajstić information content (AvgIpc) is 3.70. The van der Waals surface area contributed by atoms with Gasteiger partial charge in [-0.1, -0.05) is 140 Å². The maximum Gasteiger partial charge on any atom is 0.160 e. The molecular weight excluding hydrogens is 595 g/mol. The van der Waals surface area contributed by atoms with Crippen LogP contribution in [0.15, 0.2) is 156 Å². The molecule has 0 aliphatic heterocycles. The molecule has 0 saturated heterocycles. The van der Waals surface area contributed by atoms with Crippen molar-refractivity contribution in [3.63, 3.8) is 0 Å². The first-order valence-corrected chi connectivity index (χ1v) is 17.3. The molecule has 11 rings (SSSR count). The lowest BCUT2D eigenvalue weighted by molar-refractivity contribution is 0.672. The van der Waals surface area contributed by atoms with Gasteiger partial charge < -0.3 is 9.40 Å². The van der Waals surface area contributed by atoms with Crippen LogP contribution < -0.4 is 0 Å². The fraction of sp³-hybridized carbons (Fsp3) is 0.0638. The molecule has 49 heavy (non-hydrogen) atoms. The maximum absolute atomic E-state index is 6.78. The molecule has 1 aliphatic carbocycles. The van der Waals surface area contributed by atoms with Crippen LogP contribution in [0.4, 0.5) is 0 Å². The van der Waals surface area contributed by atoms with Gasteiger partial charge in [0.05, 0.1) is 11.0 Å². The summed E-state index contributed by atoms with van der Waals surface area (Å²) in [6.07, 6.45) is 2.12. The van der Waals surface area contributed by atoms with E-state index in [-0.39, 0.29) is 0 Å². The van der Waals surface area contributed by atoms with Crippen LogP contribution in [0.1, 0.15) is 29.0 Å². The van der Waals surface area contributed by atoms with E-state index in [0.29, 0.717) is 5.92 Å². The third-order valence-electron chi connectivity index (χ3n) is 11.0. The minimum Gasteiger partial charge on any atom is -0.454 e. The van der Waals surface area contributed by atoms with Crippen LogP contribution in [-0.2, 0) is 6.42 Å². The Morgan fingerprint density at radius 1 is 0.510 bits per heavy atom. The number of benzene rings is 8. The van der Waals surface area contributed by atoms with Crippen molar-refractivity contribution in [2.24, 2.45) is 0 Å². The van der Waals surface area contributed by atoms with Crippen molar-refractivity contribution in [2.75, 3.05) is 0 Å². The molecule has 1 atom stereocenters. The summed E-state index contributed by atoms with van der Waals surface area (Å²) in [5.41, 5.74) is 13.5. The molecule has 1 unspecified atom stereocenters. The van der Waals surface area contributed by atoms with Crippen LogP contribution in [0.2, 0.25) is 0 Å². The van der Waals surface area contributed by atoms with Gasteiger partial charge in [0.2, 0.25) is 0 Å². The monoisotopic (exact) mass is 625 g/mol. The minimum absolute atomic E-state index is 0.384. The van der Waals surface area contributed by atoms with Gasteiger partial charge in [0, 0.05) is 32.8 Å². The van der Waals surface area contributed by atoms with Crippen molar-refractivity contribution in [1.82, 2.24) is 4.98 Å². The van der Waals surface area contributed by atoms with Gasteiger partial charge >= 0.3 is 0 Å². The van der Waals surface area contributed by atoms with Crippen molar-refractivity contribution < 1.29 is 4.42 Å². The Balaban J connectivity index is 1.11. The number of H-pyrrole nitrogens is 1. The third kappa shape index (κ3) is 3.89. The number of aromatic amines is 1. The number of aromatic nitrogens is 1. The van der Waals surface area contributed by atoms with Crippen molar-refractivity contribution in [2.45, 2.75) is 18.8 Å². The van der Waals surface area contributed by atoms with Gasteiger partial charge in [-0.25, -0.2) is 0 Å². The summed E-state index contributed by atoms with van der Waals surface area (Å²) in [6.45, 7) is 0. The molecule has 1 aliphatic rings.